The average molecular weight is 376 g/mol. The summed E-state index contributed by atoms with van der Waals surface area (Å²) in [5, 5.41) is 0. The summed E-state index contributed by atoms with van der Waals surface area (Å²) >= 11 is 8.35. The van der Waals surface area contributed by atoms with E-state index in [0.717, 1.165) is 13.8 Å². The van der Waals surface area contributed by atoms with Crippen molar-refractivity contribution in [3.63, 3.8) is 0 Å². The van der Waals surface area contributed by atoms with Gasteiger partial charge in [0.05, 0.1) is 0 Å². The van der Waals surface area contributed by atoms with Crippen LogP contribution < -0.4 is 0 Å². The number of hydrogen-bond donors (Lipinski definition) is 0. The molecule has 0 fully saturated rings. The van der Waals surface area contributed by atoms with Crippen molar-refractivity contribution < 1.29 is 4.39 Å². The van der Waals surface area contributed by atoms with E-state index in [2.05, 4.69) is 31.9 Å². The molecule has 0 saturated carbocycles. The molecule has 0 saturated heterocycles. The second-order valence-corrected chi connectivity index (χ2v) is 6.24. The lowest BCUT2D eigenvalue weighted by molar-refractivity contribution is 0.616. The SMILES string of the molecule is Fc1cc(Br)ccc1CSc1ccccc1Br. The van der Waals surface area contributed by atoms with Crippen LogP contribution in [0.1, 0.15) is 5.56 Å². The second-order valence-electron chi connectivity index (χ2n) is 3.45. The molecule has 0 radical (unpaired) electrons. The van der Waals surface area contributed by atoms with Gasteiger partial charge in [0.1, 0.15) is 5.82 Å². The molecular formula is C13H9Br2FS. The minimum Gasteiger partial charge on any atom is -0.207 e. The minimum absolute atomic E-state index is 0.168. The van der Waals surface area contributed by atoms with E-state index in [4.69, 9.17) is 0 Å². The molecule has 17 heavy (non-hydrogen) atoms. The first kappa shape index (κ1) is 13.1. The van der Waals surface area contributed by atoms with Crippen molar-refractivity contribution in [3.05, 3.63) is 62.8 Å². The van der Waals surface area contributed by atoms with Gasteiger partial charge in [0.15, 0.2) is 0 Å². The number of halogens is 3. The lowest BCUT2D eigenvalue weighted by Crippen LogP contribution is -1.87. The van der Waals surface area contributed by atoms with Gasteiger partial charge in [-0.2, -0.15) is 0 Å². The Morgan fingerprint density at radius 3 is 2.53 bits per heavy atom. The van der Waals surface area contributed by atoms with Crippen molar-refractivity contribution >= 4 is 43.6 Å². The van der Waals surface area contributed by atoms with Gasteiger partial charge in [0.2, 0.25) is 0 Å². The third kappa shape index (κ3) is 3.57. The molecule has 0 nitrogen and oxygen atoms in total. The quantitative estimate of drug-likeness (QED) is 0.625. The maximum atomic E-state index is 13.6. The van der Waals surface area contributed by atoms with E-state index in [-0.39, 0.29) is 5.82 Å². The maximum Gasteiger partial charge on any atom is 0.128 e. The van der Waals surface area contributed by atoms with Crippen molar-refractivity contribution in [3.8, 4) is 0 Å². The minimum atomic E-state index is -0.168. The van der Waals surface area contributed by atoms with E-state index >= 15 is 0 Å². The lowest BCUT2D eigenvalue weighted by atomic mass is 10.2. The standard InChI is InChI=1S/C13H9Br2FS/c14-10-6-5-9(12(16)7-10)8-17-13-4-2-1-3-11(13)15/h1-7H,8H2. The Morgan fingerprint density at radius 2 is 1.82 bits per heavy atom. The van der Waals surface area contributed by atoms with Gasteiger partial charge in [0.25, 0.3) is 0 Å². The molecule has 0 amide bonds. The number of benzene rings is 2. The summed E-state index contributed by atoms with van der Waals surface area (Å²) in [5.74, 6) is 0.459. The largest absolute Gasteiger partial charge is 0.207 e. The van der Waals surface area contributed by atoms with E-state index in [1.54, 1.807) is 11.8 Å². The topological polar surface area (TPSA) is 0 Å². The molecule has 2 aromatic carbocycles. The highest BCUT2D eigenvalue weighted by molar-refractivity contribution is 9.10. The fourth-order valence-corrected chi connectivity index (χ4v) is 3.24. The highest BCUT2D eigenvalue weighted by atomic mass is 79.9. The maximum absolute atomic E-state index is 13.6. The Morgan fingerprint density at radius 1 is 1.06 bits per heavy atom. The van der Waals surface area contributed by atoms with E-state index < -0.39 is 0 Å². The molecule has 0 aromatic heterocycles. The Hall–Kier alpha value is -0.320. The van der Waals surface area contributed by atoms with Gasteiger partial charge < -0.3 is 0 Å². The molecule has 0 aliphatic carbocycles. The number of thioether (sulfide) groups is 1. The van der Waals surface area contributed by atoms with Gasteiger partial charge in [-0.1, -0.05) is 34.1 Å². The summed E-state index contributed by atoms with van der Waals surface area (Å²) in [6.07, 6.45) is 0. The molecule has 0 bridgehead atoms. The van der Waals surface area contributed by atoms with Crippen LogP contribution in [0.15, 0.2) is 56.3 Å². The first-order chi connectivity index (χ1) is 8.16. The molecule has 0 aliphatic heterocycles. The molecule has 0 spiro atoms. The third-order valence-corrected chi connectivity index (χ3v) is 4.80. The normalized spacial score (nSPS) is 10.5. The average Bonchev–Trinajstić information content (AvgIpc) is 2.30. The van der Waals surface area contributed by atoms with Gasteiger partial charge in [-0.15, -0.1) is 11.8 Å². The Balaban J connectivity index is 2.10. The third-order valence-electron chi connectivity index (χ3n) is 2.23. The van der Waals surface area contributed by atoms with Crippen LogP contribution in [-0.2, 0) is 5.75 Å². The smallest absolute Gasteiger partial charge is 0.128 e. The molecule has 0 heterocycles. The molecule has 2 rings (SSSR count). The summed E-state index contributed by atoms with van der Waals surface area (Å²) < 4.78 is 15.4. The molecule has 0 N–H and O–H groups in total. The van der Waals surface area contributed by atoms with E-state index in [0.29, 0.717) is 11.3 Å². The van der Waals surface area contributed by atoms with Crippen LogP contribution in [0.2, 0.25) is 0 Å². The molecule has 0 aliphatic rings. The predicted molar refractivity (Wildman–Crippen MR) is 77.8 cm³/mol. The zero-order valence-corrected chi connectivity index (χ0v) is 12.8. The highest BCUT2D eigenvalue weighted by Crippen LogP contribution is 2.30. The van der Waals surface area contributed by atoms with Crippen LogP contribution in [0.4, 0.5) is 4.39 Å². The second kappa shape index (κ2) is 6.03. The van der Waals surface area contributed by atoms with Gasteiger partial charge in [0, 0.05) is 19.6 Å². The summed E-state index contributed by atoms with van der Waals surface area (Å²) in [4.78, 5) is 1.12. The van der Waals surface area contributed by atoms with Crippen LogP contribution in [0.3, 0.4) is 0 Å². The molecule has 2 aromatic rings. The monoisotopic (exact) mass is 374 g/mol. The zero-order valence-electron chi connectivity index (χ0n) is 8.79. The van der Waals surface area contributed by atoms with Crippen LogP contribution in [-0.4, -0.2) is 0 Å². The zero-order chi connectivity index (χ0) is 12.3. The molecule has 88 valence electrons. The van der Waals surface area contributed by atoms with Gasteiger partial charge in [-0.3, -0.25) is 0 Å². The Bertz CT molecular complexity index is 529. The highest BCUT2D eigenvalue weighted by Gasteiger charge is 2.05. The summed E-state index contributed by atoms with van der Waals surface area (Å²) in [6.45, 7) is 0. The molecular weight excluding hydrogens is 367 g/mol. The Kier molecular flexibility index (Phi) is 4.65. The van der Waals surface area contributed by atoms with Gasteiger partial charge in [-0.25, -0.2) is 4.39 Å². The molecule has 4 heteroatoms. The first-order valence-corrected chi connectivity index (χ1v) is 7.55. The van der Waals surface area contributed by atoms with Crippen LogP contribution in [0, 0.1) is 5.82 Å². The van der Waals surface area contributed by atoms with Crippen molar-refractivity contribution in [2.45, 2.75) is 10.6 Å². The van der Waals surface area contributed by atoms with Crippen molar-refractivity contribution in [2.24, 2.45) is 0 Å². The van der Waals surface area contributed by atoms with Gasteiger partial charge >= 0.3 is 0 Å². The fraction of sp³-hybridized carbons (Fsp3) is 0.0769. The summed E-state index contributed by atoms with van der Waals surface area (Å²) in [5.41, 5.74) is 0.717. The predicted octanol–water partition coefficient (Wildman–Crippen LogP) is 5.64. The van der Waals surface area contributed by atoms with Crippen LogP contribution >= 0.6 is 43.6 Å². The van der Waals surface area contributed by atoms with Crippen LogP contribution in [0.25, 0.3) is 0 Å². The lowest BCUT2D eigenvalue weighted by Gasteiger charge is -2.05. The Labute approximate surface area is 121 Å². The summed E-state index contributed by atoms with van der Waals surface area (Å²) in [7, 11) is 0. The van der Waals surface area contributed by atoms with E-state index in [1.165, 1.54) is 6.07 Å². The van der Waals surface area contributed by atoms with Crippen molar-refractivity contribution in [2.75, 3.05) is 0 Å². The van der Waals surface area contributed by atoms with Crippen molar-refractivity contribution in [1.82, 2.24) is 0 Å². The number of rotatable bonds is 3. The van der Waals surface area contributed by atoms with Crippen LogP contribution in [0.5, 0.6) is 0 Å². The van der Waals surface area contributed by atoms with Gasteiger partial charge in [-0.05, 0) is 45.8 Å². The fourth-order valence-electron chi connectivity index (χ4n) is 1.36. The van der Waals surface area contributed by atoms with E-state index in [9.17, 15) is 4.39 Å². The molecule has 0 unspecified atom stereocenters. The summed E-state index contributed by atoms with van der Waals surface area (Å²) in [6, 6.07) is 13.1. The first-order valence-electron chi connectivity index (χ1n) is 4.98. The number of hydrogen-bond acceptors (Lipinski definition) is 1. The molecule has 0 atom stereocenters. The van der Waals surface area contributed by atoms with Crippen molar-refractivity contribution in [1.29, 1.82) is 0 Å². The van der Waals surface area contributed by atoms with E-state index in [1.807, 2.05) is 36.4 Å².